The number of pyridine rings is 1. The third-order valence-corrected chi connectivity index (χ3v) is 4.18. The summed E-state index contributed by atoms with van der Waals surface area (Å²) in [6.07, 6.45) is 2.52. The molecule has 0 atom stereocenters. The number of carbonyl (C=O) groups is 1. The minimum atomic E-state index is -0.476. The van der Waals surface area contributed by atoms with Crippen molar-refractivity contribution in [1.82, 2.24) is 4.98 Å². The fraction of sp³-hybridized carbons (Fsp3) is 0.118. The van der Waals surface area contributed by atoms with Gasteiger partial charge in [-0.05, 0) is 6.92 Å². The summed E-state index contributed by atoms with van der Waals surface area (Å²) < 4.78 is 5.83. The van der Waals surface area contributed by atoms with Gasteiger partial charge in [0.1, 0.15) is 11.6 Å². The fourth-order valence-corrected chi connectivity index (χ4v) is 2.78. The smallest absolute Gasteiger partial charge is 0.338 e. The van der Waals surface area contributed by atoms with Crippen LogP contribution in [0.1, 0.15) is 21.6 Å². The number of esters is 1. The molecule has 0 saturated carbocycles. The van der Waals surface area contributed by atoms with Crippen molar-refractivity contribution in [2.24, 2.45) is 0 Å². The van der Waals surface area contributed by atoms with Crippen molar-refractivity contribution in [3.8, 4) is 10.6 Å². The molecule has 0 saturated heterocycles. The summed E-state index contributed by atoms with van der Waals surface area (Å²) in [6.45, 7) is 2.14. The number of hydrogen-bond donors (Lipinski definition) is 0. The molecule has 2 aromatic heterocycles. The van der Waals surface area contributed by atoms with Crippen molar-refractivity contribution in [3.05, 3.63) is 76.2 Å². The van der Waals surface area contributed by atoms with E-state index in [1.54, 1.807) is 0 Å². The first kappa shape index (κ1) is 15.2. The van der Waals surface area contributed by atoms with E-state index in [0.717, 1.165) is 10.6 Å². The van der Waals surface area contributed by atoms with Crippen LogP contribution in [0.25, 0.3) is 10.6 Å². The molecule has 116 valence electrons. The molecule has 1 aromatic carbocycles. The Morgan fingerprint density at radius 3 is 2.61 bits per heavy atom. The van der Waals surface area contributed by atoms with Crippen LogP contribution >= 0.6 is 11.3 Å². The van der Waals surface area contributed by atoms with Gasteiger partial charge < -0.3 is 9.94 Å². The van der Waals surface area contributed by atoms with Gasteiger partial charge in [-0.2, -0.15) is 4.73 Å². The van der Waals surface area contributed by atoms with Gasteiger partial charge in [0.15, 0.2) is 12.4 Å². The first-order chi connectivity index (χ1) is 11.1. The molecule has 6 heteroatoms. The number of benzene rings is 1. The zero-order valence-corrected chi connectivity index (χ0v) is 13.2. The van der Waals surface area contributed by atoms with Gasteiger partial charge >= 0.3 is 5.97 Å². The van der Waals surface area contributed by atoms with Crippen LogP contribution in [0.3, 0.4) is 0 Å². The molecule has 23 heavy (non-hydrogen) atoms. The lowest BCUT2D eigenvalue weighted by Gasteiger charge is -2.02. The first-order valence-corrected chi connectivity index (χ1v) is 7.87. The Bertz CT molecular complexity index is 811. The maximum absolute atomic E-state index is 11.9. The number of ether oxygens (including phenoxy) is 1. The van der Waals surface area contributed by atoms with Gasteiger partial charge in [-0.3, -0.25) is 0 Å². The van der Waals surface area contributed by atoms with Crippen LogP contribution in [-0.2, 0) is 11.3 Å². The van der Waals surface area contributed by atoms with E-state index in [1.807, 2.05) is 36.6 Å². The zero-order chi connectivity index (χ0) is 16.2. The Hall–Kier alpha value is -2.73. The highest BCUT2D eigenvalue weighted by atomic mass is 32.1. The summed E-state index contributed by atoms with van der Waals surface area (Å²) in [5.74, 6) is -0.476. The van der Waals surface area contributed by atoms with Crippen molar-refractivity contribution >= 4 is 17.3 Å². The molecule has 0 unspecified atom stereocenters. The molecule has 0 radical (unpaired) electrons. The van der Waals surface area contributed by atoms with E-state index in [4.69, 9.17) is 4.74 Å². The van der Waals surface area contributed by atoms with Crippen LogP contribution in [0, 0.1) is 12.1 Å². The lowest BCUT2D eigenvalue weighted by atomic mass is 10.2. The molecule has 0 aliphatic carbocycles. The van der Waals surface area contributed by atoms with E-state index in [0.29, 0.717) is 16.0 Å². The normalized spacial score (nSPS) is 10.5. The molecular weight excluding hydrogens is 312 g/mol. The minimum Gasteiger partial charge on any atom is -0.619 e. The predicted molar refractivity (Wildman–Crippen MR) is 86.8 cm³/mol. The number of aryl methyl sites for hydroxylation is 1. The lowest BCUT2D eigenvalue weighted by Crippen LogP contribution is -2.24. The van der Waals surface area contributed by atoms with Crippen LogP contribution < -0.4 is 4.73 Å². The molecule has 0 amide bonds. The van der Waals surface area contributed by atoms with E-state index >= 15 is 0 Å². The van der Waals surface area contributed by atoms with Crippen LogP contribution in [0.2, 0.25) is 0 Å². The molecular formula is C17H14N2O3S. The minimum absolute atomic E-state index is 0.105. The van der Waals surface area contributed by atoms with Crippen LogP contribution in [0.15, 0.2) is 54.2 Å². The van der Waals surface area contributed by atoms with E-state index < -0.39 is 5.97 Å². The average molecular weight is 326 g/mol. The third-order valence-electron chi connectivity index (χ3n) is 3.24. The van der Waals surface area contributed by atoms with Gasteiger partial charge in [0.2, 0.25) is 0 Å². The highest BCUT2D eigenvalue weighted by molar-refractivity contribution is 7.13. The Balaban J connectivity index is 1.64. The number of rotatable bonds is 4. The van der Waals surface area contributed by atoms with E-state index in [1.165, 1.54) is 41.4 Å². The predicted octanol–water partition coefficient (Wildman–Crippen LogP) is 3.11. The van der Waals surface area contributed by atoms with E-state index in [9.17, 15) is 10.0 Å². The maximum atomic E-state index is 11.9. The average Bonchev–Trinajstić information content (AvgIpc) is 3.03. The molecule has 5 nitrogen and oxygen atoms in total. The van der Waals surface area contributed by atoms with Crippen LogP contribution in [0.5, 0.6) is 0 Å². The Labute approximate surface area is 137 Å². The summed E-state index contributed by atoms with van der Waals surface area (Å²) in [6, 6.07) is 11.0. The molecule has 0 N–H and O–H groups in total. The summed E-state index contributed by atoms with van der Waals surface area (Å²) in [5, 5.41) is 13.7. The standard InChI is InChI=1S/C17H14N2O3S/c1-12-2-4-13(5-3-12)16-18-15(11-23-16)10-22-17(20)14-6-8-19(21)9-7-14/h2-9,11H,10H2,1H3. The van der Waals surface area contributed by atoms with Gasteiger partial charge in [-0.1, -0.05) is 29.8 Å². The number of nitrogens with zero attached hydrogens (tertiary/aromatic N) is 2. The van der Waals surface area contributed by atoms with Crippen molar-refractivity contribution in [2.45, 2.75) is 13.5 Å². The zero-order valence-electron chi connectivity index (χ0n) is 12.4. The van der Waals surface area contributed by atoms with Crippen molar-refractivity contribution in [1.29, 1.82) is 0 Å². The van der Waals surface area contributed by atoms with Crippen LogP contribution in [-0.4, -0.2) is 11.0 Å². The van der Waals surface area contributed by atoms with Crippen LogP contribution in [0.4, 0.5) is 0 Å². The highest BCUT2D eigenvalue weighted by Gasteiger charge is 2.10. The number of carbonyl (C=O) groups excluding carboxylic acids is 1. The van der Waals surface area contributed by atoms with Gasteiger partial charge in [-0.15, -0.1) is 11.3 Å². The maximum Gasteiger partial charge on any atom is 0.338 e. The van der Waals surface area contributed by atoms with Gasteiger partial charge in [0, 0.05) is 23.1 Å². The Morgan fingerprint density at radius 2 is 1.91 bits per heavy atom. The number of hydrogen-bond acceptors (Lipinski definition) is 5. The molecule has 0 fully saturated rings. The van der Waals surface area contributed by atoms with Gasteiger partial charge in [-0.25, -0.2) is 9.78 Å². The number of aromatic nitrogens is 2. The second kappa shape index (κ2) is 6.58. The van der Waals surface area contributed by atoms with Crippen molar-refractivity contribution in [2.75, 3.05) is 0 Å². The van der Waals surface area contributed by atoms with E-state index in [-0.39, 0.29) is 6.61 Å². The lowest BCUT2D eigenvalue weighted by molar-refractivity contribution is -0.605. The molecule has 2 heterocycles. The first-order valence-electron chi connectivity index (χ1n) is 6.99. The SMILES string of the molecule is Cc1ccc(-c2nc(COC(=O)c3cc[n+]([O-])cc3)cs2)cc1. The van der Waals surface area contributed by atoms with Gasteiger partial charge in [0.05, 0.1) is 11.3 Å². The Morgan fingerprint density at radius 1 is 1.22 bits per heavy atom. The van der Waals surface area contributed by atoms with Crippen molar-refractivity contribution < 1.29 is 14.3 Å². The third kappa shape index (κ3) is 3.73. The molecule has 3 aromatic rings. The molecule has 3 rings (SSSR count). The molecule has 0 spiro atoms. The number of thiazole rings is 1. The summed E-state index contributed by atoms with van der Waals surface area (Å²) in [7, 11) is 0. The summed E-state index contributed by atoms with van der Waals surface area (Å²) in [4.78, 5) is 16.4. The van der Waals surface area contributed by atoms with Gasteiger partial charge in [0.25, 0.3) is 0 Å². The fourth-order valence-electron chi connectivity index (χ4n) is 1.97. The largest absolute Gasteiger partial charge is 0.619 e. The highest BCUT2D eigenvalue weighted by Crippen LogP contribution is 2.24. The van der Waals surface area contributed by atoms with E-state index in [2.05, 4.69) is 4.98 Å². The Kier molecular flexibility index (Phi) is 4.34. The second-order valence-corrected chi connectivity index (χ2v) is 5.89. The topological polar surface area (TPSA) is 66.1 Å². The quantitative estimate of drug-likeness (QED) is 0.420. The second-order valence-electron chi connectivity index (χ2n) is 5.03. The summed E-state index contributed by atoms with van der Waals surface area (Å²) >= 11 is 1.51. The molecule has 0 aliphatic rings. The monoisotopic (exact) mass is 326 g/mol. The van der Waals surface area contributed by atoms with Crippen molar-refractivity contribution in [3.63, 3.8) is 0 Å². The molecule has 0 aliphatic heterocycles. The molecule has 0 bridgehead atoms. The summed E-state index contributed by atoms with van der Waals surface area (Å²) in [5.41, 5.74) is 3.28.